The highest BCUT2D eigenvalue weighted by Gasteiger charge is 2.27. The second kappa shape index (κ2) is 8.94. The first-order valence-corrected chi connectivity index (χ1v) is 10.8. The number of hydrogen-bond acceptors (Lipinski definition) is 4. The maximum atomic E-state index is 13.3. The molecule has 0 radical (unpaired) electrons. The Balaban J connectivity index is 1.53. The van der Waals surface area contributed by atoms with E-state index in [1.54, 1.807) is 6.07 Å². The van der Waals surface area contributed by atoms with Crippen LogP contribution in [-0.2, 0) is 4.79 Å². The van der Waals surface area contributed by atoms with Crippen molar-refractivity contribution in [2.24, 2.45) is 5.92 Å². The molecular formula is C25H27FN4O2. The Morgan fingerprint density at radius 2 is 1.75 bits per heavy atom. The summed E-state index contributed by atoms with van der Waals surface area (Å²) in [4.78, 5) is 27.4. The number of carbonyl (C=O) groups excluding carboxylic acids is 1. The van der Waals surface area contributed by atoms with E-state index in [9.17, 15) is 14.0 Å². The van der Waals surface area contributed by atoms with Crippen molar-refractivity contribution in [3.63, 3.8) is 0 Å². The number of anilines is 2. The topological polar surface area (TPSA) is 67.2 Å². The van der Waals surface area contributed by atoms with Crippen molar-refractivity contribution >= 4 is 17.4 Å². The van der Waals surface area contributed by atoms with Gasteiger partial charge in [-0.2, -0.15) is 4.68 Å². The predicted octanol–water partition coefficient (Wildman–Crippen LogP) is 4.15. The van der Waals surface area contributed by atoms with Crippen LogP contribution in [0.3, 0.4) is 0 Å². The van der Waals surface area contributed by atoms with Crippen LogP contribution in [0.4, 0.5) is 15.9 Å². The Morgan fingerprint density at radius 3 is 2.44 bits per heavy atom. The number of aromatic nitrogens is 2. The van der Waals surface area contributed by atoms with Gasteiger partial charge in [0.1, 0.15) is 11.6 Å². The molecule has 1 aliphatic heterocycles. The average molecular weight is 435 g/mol. The van der Waals surface area contributed by atoms with Gasteiger partial charge in [0.2, 0.25) is 5.91 Å². The quantitative estimate of drug-likeness (QED) is 0.670. The summed E-state index contributed by atoms with van der Waals surface area (Å²) in [6.07, 6.45) is 1.64. The van der Waals surface area contributed by atoms with Crippen molar-refractivity contribution < 1.29 is 9.18 Å². The molecule has 6 nitrogen and oxygen atoms in total. The summed E-state index contributed by atoms with van der Waals surface area (Å²) < 4.78 is 14.5. The number of nitrogens with zero attached hydrogens (tertiary/aromatic N) is 3. The highest BCUT2D eigenvalue weighted by Crippen LogP contribution is 2.26. The SMILES string of the molecule is Cc1cc(C)c(NC(=O)[C@H]2CCCN(c3ccc(=O)n(-c4ccc(F)cc4)n3)C2)c(C)c1. The fourth-order valence-corrected chi connectivity index (χ4v) is 4.34. The van der Waals surface area contributed by atoms with E-state index in [0.29, 0.717) is 18.1 Å². The summed E-state index contributed by atoms with van der Waals surface area (Å²) in [5.74, 6) is 0.0597. The third-order valence-corrected chi connectivity index (χ3v) is 5.90. The summed E-state index contributed by atoms with van der Waals surface area (Å²) in [6, 6.07) is 12.9. The van der Waals surface area contributed by atoms with Crippen LogP contribution in [0.5, 0.6) is 0 Å². The lowest BCUT2D eigenvalue weighted by molar-refractivity contribution is -0.120. The van der Waals surface area contributed by atoms with Crippen molar-refractivity contribution in [1.29, 1.82) is 0 Å². The number of carbonyl (C=O) groups is 1. The van der Waals surface area contributed by atoms with Crippen molar-refractivity contribution in [3.8, 4) is 5.69 Å². The van der Waals surface area contributed by atoms with Crippen molar-refractivity contribution in [2.75, 3.05) is 23.3 Å². The van der Waals surface area contributed by atoms with Gasteiger partial charge >= 0.3 is 0 Å². The van der Waals surface area contributed by atoms with E-state index < -0.39 is 0 Å². The maximum absolute atomic E-state index is 13.3. The highest BCUT2D eigenvalue weighted by atomic mass is 19.1. The molecule has 3 aromatic rings. The number of halogens is 1. The van der Waals surface area contributed by atoms with E-state index >= 15 is 0 Å². The Morgan fingerprint density at radius 1 is 1.06 bits per heavy atom. The van der Waals surface area contributed by atoms with E-state index in [4.69, 9.17) is 0 Å². The summed E-state index contributed by atoms with van der Waals surface area (Å²) in [6.45, 7) is 7.32. The van der Waals surface area contributed by atoms with Gasteiger partial charge in [-0.3, -0.25) is 9.59 Å². The molecule has 0 saturated carbocycles. The molecule has 166 valence electrons. The van der Waals surface area contributed by atoms with Gasteiger partial charge in [0.05, 0.1) is 11.6 Å². The molecule has 1 atom stereocenters. The second-order valence-electron chi connectivity index (χ2n) is 8.47. The van der Waals surface area contributed by atoms with Crippen LogP contribution in [0, 0.1) is 32.5 Å². The standard InChI is InChI=1S/C25H27FN4O2/c1-16-13-17(2)24(18(3)14-16)27-25(32)19-5-4-12-29(15-19)22-10-11-23(31)30(28-22)21-8-6-20(26)7-9-21/h6-11,13-14,19H,4-5,12,15H2,1-3H3,(H,27,32)/t19-/m0/s1. The van der Waals surface area contributed by atoms with Crippen LogP contribution < -0.4 is 15.8 Å². The summed E-state index contributed by atoms with van der Waals surface area (Å²) >= 11 is 0. The lowest BCUT2D eigenvalue weighted by Gasteiger charge is -2.33. The zero-order valence-corrected chi connectivity index (χ0v) is 18.6. The molecule has 0 spiro atoms. The number of benzene rings is 2. The first-order chi connectivity index (χ1) is 15.3. The number of amides is 1. The molecule has 1 saturated heterocycles. The van der Waals surface area contributed by atoms with Gasteiger partial charge in [0, 0.05) is 24.8 Å². The minimum atomic E-state index is -0.373. The molecule has 4 rings (SSSR count). The minimum Gasteiger partial charge on any atom is -0.354 e. The minimum absolute atomic E-state index is 0.00314. The monoisotopic (exact) mass is 434 g/mol. The molecule has 0 unspecified atom stereocenters. The Hall–Kier alpha value is -3.48. The maximum Gasteiger partial charge on any atom is 0.271 e. The summed E-state index contributed by atoms with van der Waals surface area (Å²) in [5.41, 5.74) is 4.35. The van der Waals surface area contributed by atoms with Gasteiger partial charge in [-0.25, -0.2) is 4.39 Å². The van der Waals surface area contributed by atoms with Crippen LogP contribution in [0.15, 0.2) is 53.3 Å². The predicted molar refractivity (Wildman–Crippen MR) is 124 cm³/mol. The van der Waals surface area contributed by atoms with Gasteiger partial charge in [0.15, 0.2) is 0 Å². The van der Waals surface area contributed by atoms with E-state index in [-0.39, 0.29) is 23.2 Å². The van der Waals surface area contributed by atoms with Gasteiger partial charge in [-0.05, 0) is 75.1 Å². The first-order valence-electron chi connectivity index (χ1n) is 10.8. The normalized spacial score (nSPS) is 16.1. The lowest BCUT2D eigenvalue weighted by Crippen LogP contribution is -2.42. The molecule has 1 N–H and O–H groups in total. The third kappa shape index (κ3) is 4.56. The van der Waals surface area contributed by atoms with E-state index in [1.807, 2.05) is 25.7 Å². The molecule has 1 aliphatic rings. The Labute approximate surface area is 186 Å². The summed E-state index contributed by atoms with van der Waals surface area (Å²) in [5, 5.41) is 7.61. The molecule has 1 aromatic heterocycles. The lowest BCUT2D eigenvalue weighted by atomic mass is 9.96. The molecule has 1 amide bonds. The molecular weight excluding hydrogens is 407 g/mol. The van der Waals surface area contributed by atoms with Crippen molar-refractivity contribution in [3.05, 3.63) is 81.4 Å². The smallest absolute Gasteiger partial charge is 0.271 e. The summed E-state index contributed by atoms with van der Waals surface area (Å²) in [7, 11) is 0. The highest BCUT2D eigenvalue weighted by molar-refractivity contribution is 5.94. The fourth-order valence-electron chi connectivity index (χ4n) is 4.34. The number of rotatable bonds is 4. The van der Waals surface area contributed by atoms with Gasteiger partial charge in [-0.1, -0.05) is 17.7 Å². The molecule has 0 aliphatic carbocycles. The number of nitrogens with one attached hydrogen (secondary N) is 1. The second-order valence-corrected chi connectivity index (χ2v) is 8.47. The van der Waals surface area contributed by atoms with E-state index in [1.165, 1.54) is 40.6 Å². The van der Waals surface area contributed by atoms with Crippen LogP contribution in [0.1, 0.15) is 29.5 Å². The zero-order valence-electron chi connectivity index (χ0n) is 18.6. The Kier molecular flexibility index (Phi) is 6.08. The van der Waals surface area contributed by atoms with Crippen molar-refractivity contribution in [1.82, 2.24) is 9.78 Å². The van der Waals surface area contributed by atoms with Crippen LogP contribution >= 0.6 is 0 Å². The first kappa shape index (κ1) is 21.7. The zero-order chi connectivity index (χ0) is 22.8. The molecule has 2 aromatic carbocycles. The largest absolute Gasteiger partial charge is 0.354 e. The van der Waals surface area contributed by atoms with Crippen molar-refractivity contribution in [2.45, 2.75) is 33.6 Å². The number of piperidine rings is 1. The molecule has 7 heteroatoms. The number of aryl methyl sites for hydroxylation is 3. The van der Waals surface area contributed by atoms with Gasteiger partial charge < -0.3 is 10.2 Å². The van der Waals surface area contributed by atoms with Gasteiger partial charge in [0.25, 0.3) is 5.56 Å². The molecule has 2 heterocycles. The average Bonchev–Trinajstić information content (AvgIpc) is 2.77. The van der Waals surface area contributed by atoms with Gasteiger partial charge in [-0.15, -0.1) is 5.10 Å². The van der Waals surface area contributed by atoms with E-state index in [0.717, 1.165) is 36.2 Å². The van der Waals surface area contributed by atoms with Crippen LogP contribution in [0.25, 0.3) is 5.69 Å². The molecule has 32 heavy (non-hydrogen) atoms. The fraction of sp³-hybridized carbons (Fsp3) is 0.320. The van der Waals surface area contributed by atoms with E-state index in [2.05, 4.69) is 22.5 Å². The Bertz CT molecular complexity index is 1180. The molecule has 1 fully saturated rings. The number of hydrogen-bond donors (Lipinski definition) is 1. The van der Waals surface area contributed by atoms with Crippen LogP contribution in [0.2, 0.25) is 0 Å². The third-order valence-electron chi connectivity index (χ3n) is 5.90. The van der Waals surface area contributed by atoms with Crippen LogP contribution in [-0.4, -0.2) is 28.8 Å². The molecule has 0 bridgehead atoms.